The number of carbonyl (C=O) groups excluding carboxylic acids is 1. The molecular formula is C10H10N2O. The lowest BCUT2D eigenvalue weighted by molar-refractivity contribution is 0.112. The summed E-state index contributed by atoms with van der Waals surface area (Å²) in [5, 5.41) is 8.00. The summed E-state index contributed by atoms with van der Waals surface area (Å²) in [5.41, 5.74) is 2.60. The Balaban J connectivity index is 2.83. The van der Waals surface area contributed by atoms with Gasteiger partial charge in [-0.05, 0) is 12.5 Å². The molecule has 0 saturated heterocycles. The van der Waals surface area contributed by atoms with E-state index in [0.717, 1.165) is 29.3 Å². The van der Waals surface area contributed by atoms with Gasteiger partial charge in [-0.1, -0.05) is 19.1 Å². The second-order valence-corrected chi connectivity index (χ2v) is 2.91. The van der Waals surface area contributed by atoms with Gasteiger partial charge in [-0.2, -0.15) is 5.10 Å². The van der Waals surface area contributed by atoms with E-state index >= 15 is 0 Å². The van der Waals surface area contributed by atoms with Crippen LogP contribution in [0.1, 0.15) is 23.0 Å². The summed E-state index contributed by atoms with van der Waals surface area (Å²) >= 11 is 0. The van der Waals surface area contributed by atoms with Crippen molar-refractivity contribution in [2.24, 2.45) is 0 Å². The van der Waals surface area contributed by atoms with Gasteiger partial charge in [-0.25, -0.2) is 0 Å². The normalized spacial score (nSPS) is 10.5. The number of aryl methyl sites for hydroxylation is 1. The fraction of sp³-hybridized carbons (Fsp3) is 0.200. The van der Waals surface area contributed by atoms with E-state index in [1.54, 1.807) is 0 Å². The zero-order chi connectivity index (χ0) is 9.26. The topological polar surface area (TPSA) is 45.8 Å². The first kappa shape index (κ1) is 7.98. The molecule has 0 fully saturated rings. The number of hydrogen-bond acceptors (Lipinski definition) is 2. The monoisotopic (exact) mass is 174 g/mol. The molecule has 2 aromatic rings. The maximum atomic E-state index is 10.7. The Labute approximate surface area is 75.8 Å². The molecule has 0 spiro atoms. The molecule has 0 radical (unpaired) electrons. The van der Waals surface area contributed by atoms with Crippen LogP contribution in [-0.2, 0) is 6.42 Å². The molecular weight excluding hydrogens is 164 g/mol. The van der Waals surface area contributed by atoms with Gasteiger partial charge in [0.15, 0.2) is 6.29 Å². The Morgan fingerprint density at radius 1 is 1.54 bits per heavy atom. The van der Waals surface area contributed by atoms with Crippen LogP contribution in [-0.4, -0.2) is 16.5 Å². The van der Waals surface area contributed by atoms with E-state index in [-0.39, 0.29) is 0 Å². The summed E-state index contributed by atoms with van der Waals surface area (Å²) in [5.74, 6) is 0. The highest BCUT2D eigenvalue weighted by molar-refractivity contribution is 5.97. The number of rotatable bonds is 2. The van der Waals surface area contributed by atoms with Crippen molar-refractivity contribution < 1.29 is 4.79 Å². The Kier molecular flexibility index (Phi) is 1.85. The van der Waals surface area contributed by atoms with Crippen LogP contribution in [0, 0.1) is 0 Å². The standard InChI is InChI=1S/C10H10N2O/c1-2-8-10-7(6-13)4-3-5-9(10)12-11-8/h3-6H,2H2,1H3,(H,11,12). The van der Waals surface area contributed by atoms with Crippen molar-refractivity contribution in [3.05, 3.63) is 29.5 Å². The van der Waals surface area contributed by atoms with Crippen LogP contribution < -0.4 is 0 Å². The Morgan fingerprint density at radius 2 is 2.38 bits per heavy atom. The molecule has 66 valence electrons. The first-order chi connectivity index (χ1) is 6.36. The summed E-state index contributed by atoms with van der Waals surface area (Å²) in [6, 6.07) is 5.55. The summed E-state index contributed by atoms with van der Waals surface area (Å²) in [7, 11) is 0. The van der Waals surface area contributed by atoms with Gasteiger partial charge >= 0.3 is 0 Å². The third kappa shape index (κ3) is 1.13. The highest BCUT2D eigenvalue weighted by atomic mass is 16.1. The predicted molar refractivity (Wildman–Crippen MR) is 50.9 cm³/mol. The van der Waals surface area contributed by atoms with Crippen molar-refractivity contribution in [1.82, 2.24) is 10.2 Å². The third-order valence-electron chi connectivity index (χ3n) is 2.17. The van der Waals surface area contributed by atoms with E-state index in [1.165, 1.54) is 0 Å². The number of H-pyrrole nitrogens is 1. The molecule has 1 aromatic heterocycles. The molecule has 3 nitrogen and oxygen atoms in total. The fourth-order valence-electron chi connectivity index (χ4n) is 1.52. The molecule has 0 aliphatic rings. The van der Waals surface area contributed by atoms with E-state index in [9.17, 15) is 4.79 Å². The molecule has 0 bridgehead atoms. The molecule has 0 aliphatic carbocycles. The molecule has 0 unspecified atom stereocenters. The van der Waals surface area contributed by atoms with Gasteiger partial charge < -0.3 is 0 Å². The number of fused-ring (bicyclic) bond motifs is 1. The Morgan fingerprint density at radius 3 is 3.08 bits per heavy atom. The van der Waals surface area contributed by atoms with Crippen LogP contribution in [0.25, 0.3) is 10.9 Å². The molecule has 13 heavy (non-hydrogen) atoms. The lowest BCUT2D eigenvalue weighted by Gasteiger charge is -1.95. The number of benzene rings is 1. The molecule has 3 heteroatoms. The first-order valence-corrected chi connectivity index (χ1v) is 4.28. The fourth-order valence-corrected chi connectivity index (χ4v) is 1.52. The van der Waals surface area contributed by atoms with E-state index in [2.05, 4.69) is 10.2 Å². The zero-order valence-electron chi connectivity index (χ0n) is 7.37. The predicted octanol–water partition coefficient (Wildman–Crippen LogP) is 1.94. The molecule has 1 aromatic carbocycles. The van der Waals surface area contributed by atoms with Crippen molar-refractivity contribution in [1.29, 1.82) is 0 Å². The summed E-state index contributed by atoms with van der Waals surface area (Å²) in [6.45, 7) is 2.04. The number of nitrogens with zero attached hydrogens (tertiary/aromatic N) is 1. The lowest BCUT2D eigenvalue weighted by atomic mass is 10.1. The third-order valence-corrected chi connectivity index (χ3v) is 2.17. The van der Waals surface area contributed by atoms with Gasteiger partial charge in [-0.3, -0.25) is 9.89 Å². The quantitative estimate of drug-likeness (QED) is 0.707. The van der Waals surface area contributed by atoms with Crippen LogP contribution in [0.2, 0.25) is 0 Å². The maximum Gasteiger partial charge on any atom is 0.150 e. The van der Waals surface area contributed by atoms with E-state index < -0.39 is 0 Å². The van der Waals surface area contributed by atoms with Gasteiger partial charge in [0.2, 0.25) is 0 Å². The molecule has 1 heterocycles. The van der Waals surface area contributed by atoms with Crippen LogP contribution in [0.15, 0.2) is 18.2 Å². The van der Waals surface area contributed by atoms with Crippen molar-refractivity contribution in [3.8, 4) is 0 Å². The first-order valence-electron chi connectivity index (χ1n) is 4.28. The number of hydrogen-bond donors (Lipinski definition) is 1. The highest BCUT2D eigenvalue weighted by Gasteiger charge is 2.06. The van der Waals surface area contributed by atoms with E-state index in [0.29, 0.717) is 5.56 Å². The SMILES string of the molecule is CCc1[nH]nc2cccc(C=O)c12. The number of nitrogens with one attached hydrogen (secondary N) is 1. The largest absolute Gasteiger partial charge is 0.298 e. The minimum absolute atomic E-state index is 0.711. The molecule has 0 amide bonds. The minimum atomic E-state index is 0.711. The highest BCUT2D eigenvalue weighted by Crippen LogP contribution is 2.19. The summed E-state index contributed by atoms with van der Waals surface area (Å²) < 4.78 is 0. The molecule has 0 atom stereocenters. The van der Waals surface area contributed by atoms with Gasteiger partial charge in [0.05, 0.1) is 5.52 Å². The maximum absolute atomic E-state index is 10.7. The average Bonchev–Trinajstić information content (AvgIpc) is 2.60. The summed E-state index contributed by atoms with van der Waals surface area (Å²) in [6.07, 6.45) is 1.73. The van der Waals surface area contributed by atoms with Crippen molar-refractivity contribution in [3.63, 3.8) is 0 Å². The van der Waals surface area contributed by atoms with Crippen LogP contribution in [0.4, 0.5) is 0 Å². The van der Waals surface area contributed by atoms with Crippen molar-refractivity contribution in [2.75, 3.05) is 0 Å². The van der Waals surface area contributed by atoms with Crippen LogP contribution in [0.5, 0.6) is 0 Å². The second kappa shape index (κ2) is 3.01. The summed E-state index contributed by atoms with van der Waals surface area (Å²) in [4.78, 5) is 10.7. The van der Waals surface area contributed by atoms with E-state index in [1.807, 2.05) is 25.1 Å². The van der Waals surface area contributed by atoms with Crippen molar-refractivity contribution in [2.45, 2.75) is 13.3 Å². The average molecular weight is 174 g/mol. The Hall–Kier alpha value is -1.64. The Bertz CT molecular complexity index is 445. The van der Waals surface area contributed by atoms with Crippen LogP contribution >= 0.6 is 0 Å². The van der Waals surface area contributed by atoms with Gasteiger partial charge in [0.25, 0.3) is 0 Å². The van der Waals surface area contributed by atoms with Gasteiger partial charge in [0, 0.05) is 16.6 Å². The van der Waals surface area contributed by atoms with Crippen molar-refractivity contribution >= 4 is 17.2 Å². The molecule has 1 N–H and O–H groups in total. The number of aromatic nitrogens is 2. The molecule has 2 rings (SSSR count). The van der Waals surface area contributed by atoms with Gasteiger partial charge in [0.1, 0.15) is 0 Å². The smallest absolute Gasteiger partial charge is 0.150 e. The zero-order valence-corrected chi connectivity index (χ0v) is 7.37. The van der Waals surface area contributed by atoms with Crippen LogP contribution in [0.3, 0.4) is 0 Å². The van der Waals surface area contributed by atoms with Gasteiger partial charge in [-0.15, -0.1) is 0 Å². The molecule has 0 saturated carbocycles. The lowest BCUT2D eigenvalue weighted by Crippen LogP contribution is -1.85. The number of carbonyl (C=O) groups is 1. The number of aromatic amines is 1. The number of aldehydes is 1. The van der Waals surface area contributed by atoms with E-state index in [4.69, 9.17) is 0 Å². The second-order valence-electron chi connectivity index (χ2n) is 2.91. The molecule has 0 aliphatic heterocycles. The minimum Gasteiger partial charge on any atom is -0.298 e.